The number of morpholine rings is 1. The SMILES string of the molecule is CS(=O)(=O)Nc1ccc(C(O)C2COCC(=O)N2Cc2ccccc2)cc1. The van der Waals surface area contributed by atoms with E-state index in [2.05, 4.69) is 4.72 Å². The molecule has 2 atom stereocenters. The van der Waals surface area contributed by atoms with Crippen molar-refractivity contribution in [1.29, 1.82) is 0 Å². The molecule has 1 fully saturated rings. The summed E-state index contributed by atoms with van der Waals surface area (Å²) in [5.41, 5.74) is 1.96. The molecule has 2 aromatic rings. The topological polar surface area (TPSA) is 95.9 Å². The molecule has 1 saturated heterocycles. The zero-order chi connectivity index (χ0) is 19.4. The number of nitrogens with zero attached hydrogens (tertiary/aromatic N) is 1. The maximum Gasteiger partial charge on any atom is 0.249 e. The second-order valence-corrected chi connectivity index (χ2v) is 8.28. The molecule has 0 spiro atoms. The van der Waals surface area contributed by atoms with Gasteiger partial charge in [-0.2, -0.15) is 0 Å². The second kappa shape index (κ2) is 8.08. The van der Waals surface area contributed by atoms with E-state index in [1.165, 1.54) is 0 Å². The van der Waals surface area contributed by atoms with E-state index in [4.69, 9.17) is 4.74 Å². The molecular weight excluding hydrogens is 368 g/mol. The summed E-state index contributed by atoms with van der Waals surface area (Å²) in [7, 11) is -3.37. The molecule has 2 N–H and O–H groups in total. The van der Waals surface area contributed by atoms with E-state index in [1.54, 1.807) is 29.2 Å². The highest BCUT2D eigenvalue weighted by molar-refractivity contribution is 7.92. The van der Waals surface area contributed by atoms with Crippen molar-refractivity contribution in [3.8, 4) is 0 Å². The number of hydrogen-bond donors (Lipinski definition) is 2. The molecule has 1 heterocycles. The normalized spacial score (nSPS) is 19.0. The number of hydrogen-bond acceptors (Lipinski definition) is 5. The Morgan fingerprint density at radius 3 is 2.48 bits per heavy atom. The fourth-order valence-corrected chi connectivity index (χ4v) is 3.62. The van der Waals surface area contributed by atoms with Gasteiger partial charge in [-0.3, -0.25) is 9.52 Å². The molecular formula is C19H22N2O5S. The largest absolute Gasteiger partial charge is 0.386 e. The summed E-state index contributed by atoms with van der Waals surface area (Å²) in [5, 5.41) is 10.8. The van der Waals surface area contributed by atoms with Crippen molar-refractivity contribution in [1.82, 2.24) is 4.90 Å². The van der Waals surface area contributed by atoms with E-state index in [0.29, 0.717) is 17.8 Å². The lowest BCUT2D eigenvalue weighted by atomic mass is 9.99. The maximum atomic E-state index is 12.4. The summed E-state index contributed by atoms with van der Waals surface area (Å²) in [5.74, 6) is -0.176. The van der Waals surface area contributed by atoms with E-state index in [1.807, 2.05) is 30.3 Å². The Balaban J connectivity index is 1.78. The molecule has 0 bridgehead atoms. The average Bonchev–Trinajstić information content (AvgIpc) is 2.63. The van der Waals surface area contributed by atoms with Crippen LogP contribution >= 0.6 is 0 Å². The van der Waals surface area contributed by atoms with Gasteiger partial charge in [0.1, 0.15) is 12.7 Å². The Hall–Kier alpha value is -2.42. The Kier molecular flexibility index (Phi) is 5.79. The Bertz CT molecular complexity index is 884. The predicted octanol–water partition coefficient (Wildman–Crippen LogP) is 1.52. The molecule has 1 aliphatic rings. The number of carbonyl (C=O) groups is 1. The fourth-order valence-electron chi connectivity index (χ4n) is 3.06. The van der Waals surface area contributed by atoms with Crippen LogP contribution in [-0.2, 0) is 26.1 Å². The van der Waals surface area contributed by atoms with Crippen LogP contribution in [0.3, 0.4) is 0 Å². The number of benzene rings is 2. The number of aliphatic hydroxyl groups excluding tert-OH is 1. The van der Waals surface area contributed by atoms with Crippen molar-refractivity contribution >= 4 is 21.6 Å². The third-order valence-electron chi connectivity index (χ3n) is 4.35. The number of ether oxygens (including phenoxy) is 1. The van der Waals surface area contributed by atoms with Crippen LogP contribution in [0.15, 0.2) is 54.6 Å². The van der Waals surface area contributed by atoms with Crippen LogP contribution < -0.4 is 4.72 Å². The molecule has 0 aromatic heterocycles. The molecule has 1 amide bonds. The van der Waals surface area contributed by atoms with Crippen LogP contribution in [0.4, 0.5) is 5.69 Å². The van der Waals surface area contributed by atoms with Crippen LogP contribution in [0.25, 0.3) is 0 Å². The van der Waals surface area contributed by atoms with Crippen LogP contribution in [0.1, 0.15) is 17.2 Å². The summed E-state index contributed by atoms with van der Waals surface area (Å²) >= 11 is 0. The summed E-state index contributed by atoms with van der Waals surface area (Å²) in [6.07, 6.45) is 0.118. The third kappa shape index (κ3) is 5.06. The molecule has 3 rings (SSSR count). The molecule has 8 heteroatoms. The summed E-state index contributed by atoms with van der Waals surface area (Å²) in [6, 6.07) is 15.5. The Labute approximate surface area is 158 Å². The van der Waals surface area contributed by atoms with Crippen LogP contribution in [0.5, 0.6) is 0 Å². The zero-order valence-corrected chi connectivity index (χ0v) is 15.7. The monoisotopic (exact) mass is 390 g/mol. The lowest BCUT2D eigenvalue weighted by Gasteiger charge is -2.38. The van der Waals surface area contributed by atoms with E-state index < -0.39 is 22.2 Å². The highest BCUT2D eigenvalue weighted by Gasteiger charge is 2.34. The van der Waals surface area contributed by atoms with Crippen molar-refractivity contribution in [3.05, 3.63) is 65.7 Å². The number of nitrogens with one attached hydrogen (secondary N) is 1. The standard InChI is InChI=1S/C19H22N2O5S/c1-27(24,25)20-16-9-7-15(8-10-16)19(23)17-12-26-13-18(22)21(17)11-14-5-3-2-4-6-14/h2-10,17,19-20,23H,11-13H2,1H3. The lowest BCUT2D eigenvalue weighted by Crippen LogP contribution is -2.51. The summed E-state index contributed by atoms with van der Waals surface area (Å²) in [4.78, 5) is 14.0. The molecule has 7 nitrogen and oxygen atoms in total. The first-order valence-electron chi connectivity index (χ1n) is 8.50. The van der Waals surface area contributed by atoms with Crippen molar-refractivity contribution < 1.29 is 23.1 Å². The van der Waals surface area contributed by atoms with Crippen LogP contribution in [0.2, 0.25) is 0 Å². The minimum atomic E-state index is -3.37. The highest BCUT2D eigenvalue weighted by atomic mass is 32.2. The van der Waals surface area contributed by atoms with Gasteiger partial charge in [0.25, 0.3) is 0 Å². The number of rotatable bonds is 6. The van der Waals surface area contributed by atoms with Crippen LogP contribution in [0, 0.1) is 0 Å². The van der Waals surface area contributed by atoms with Crippen LogP contribution in [-0.4, -0.2) is 49.8 Å². The smallest absolute Gasteiger partial charge is 0.249 e. The van der Waals surface area contributed by atoms with E-state index in [-0.39, 0.29) is 19.1 Å². The van der Waals surface area contributed by atoms with Crippen molar-refractivity contribution in [2.75, 3.05) is 24.2 Å². The number of sulfonamides is 1. The minimum Gasteiger partial charge on any atom is -0.386 e. The third-order valence-corrected chi connectivity index (χ3v) is 4.96. The Morgan fingerprint density at radius 2 is 1.85 bits per heavy atom. The Morgan fingerprint density at radius 1 is 1.19 bits per heavy atom. The minimum absolute atomic E-state index is 0.00668. The number of aliphatic hydroxyl groups is 1. The summed E-state index contributed by atoms with van der Waals surface area (Å²) < 4.78 is 30.3. The fraction of sp³-hybridized carbons (Fsp3) is 0.316. The first kappa shape index (κ1) is 19.3. The maximum absolute atomic E-state index is 12.4. The zero-order valence-electron chi connectivity index (χ0n) is 14.9. The average molecular weight is 390 g/mol. The van der Waals surface area contributed by atoms with Gasteiger partial charge in [-0.25, -0.2) is 8.42 Å². The molecule has 27 heavy (non-hydrogen) atoms. The van der Waals surface area contributed by atoms with E-state index in [0.717, 1.165) is 11.8 Å². The molecule has 0 aliphatic carbocycles. The molecule has 144 valence electrons. The highest BCUT2D eigenvalue weighted by Crippen LogP contribution is 2.26. The number of carbonyl (C=O) groups excluding carboxylic acids is 1. The number of amides is 1. The first-order valence-corrected chi connectivity index (χ1v) is 10.4. The van der Waals surface area contributed by atoms with Crippen molar-refractivity contribution in [3.63, 3.8) is 0 Å². The molecule has 2 aromatic carbocycles. The van der Waals surface area contributed by atoms with E-state index in [9.17, 15) is 18.3 Å². The lowest BCUT2D eigenvalue weighted by molar-refractivity contribution is -0.155. The van der Waals surface area contributed by atoms with Gasteiger partial charge < -0.3 is 14.7 Å². The summed E-state index contributed by atoms with van der Waals surface area (Å²) in [6.45, 7) is 0.606. The van der Waals surface area contributed by atoms with Gasteiger partial charge in [0, 0.05) is 12.2 Å². The molecule has 1 aliphatic heterocycles. The molecule has 2 unspecified atom stereocenters. The van der Waals surface area contributed by atoms with Gasteiger partial charge in [-0.15, -0.1) is 0 Å². The molecule has 0 radical (unpaired) electrons. The van der Waals surface area contributed by atoms with Crippen molar-refractivity contribution in [2.24, 2.45) is 0 Å². The predicted molar refractivity (Wildman–Crippen MR) is 101 cm³/mol. The quantitative estimate of drug-likeness (QED) is 0.780. The van der Waals surface area contributed by atoms with Gasteiger partial charge in [0.2, 0.25) is 15.9 Å². The van der Waals surface area contributed by atoms with Gasteiger partial charge in [-0.05, 0) is 23.3 Å². The van der Waals surface area contributed by atoms with Gasteiger partial charge in [-0.1, -0.05) is 42.5 Å². The van der Waals surface area contributed by atoms with E-state index >= 15 is 0 Å². The number of anilines is 1. The van der Waals surface area contributed by atoms with Gasteiger partial charge >= 0.3 is 0 Å². The second-order valence-electron chi connectivity index (χ2n) is 6.53. The first-order chi connectivity index (χ1) is 12.8. The van der Waals surface area contributed by atoms with Crippen molar-refractivity contribution in [2.45, 2.75) is 18.7 Å². The molecule has 0 saturated carbocycles. The van der Waals surface area contributed by atoms with Gasteiger partial charge in [0.05, 0.1) is 18.9 Å². The van der Waals surface area contributed by atoms with Gasteiger partial charge in [0.15, 0.2) is 0 Å².